The summed E-state index contributed by atoms with van der Waals surface area (Å²) in [6.07, 6.45) is 0. The van der Waals surface area contributed by atoms with Gasteiger partial charge in [0.05, 0.1) is 30.1 Å². The van der Waals surface area contributed by atoms with Gasteiger partial charge in [0.25, 0.3) is 0 Å². The molecule has 1 atom stereocenters. The van der Waals surface area contributed by atoms with E-state index in [9.17, 15) is 5.26 Å². The van der Waals surface area contributed by atoms with Gasteiger partial charge in [-0.2, -0.15) is 5.26 Å². The van der Waals surface area contributed by atoms with Gasteiger partial charge >= 0.3 is 0 Å². The number of fused-ring (bicyclic) bond motifs is 1. The SMILES string of the molecule is COc1cccc(-c2nc3cc(C)c(C)cc3n2CC(C)C#N)c1. The van der Waals surface area contributed by atoms with Crippen molar-refractivity contribution in [3.05, 3.63) is 47.5 Å². The first-order valence-corrected chi connectivity index (χ1v) is 8.05. The number of hydrogen-bond acceptors (Lipinski definition) is 3. The highest BCUT2D eigenvalue weighted by atomic mass is 16.5. The van der Waals surface area contributed by atoms with E-state index in [4.69, 9.17) is 9.72 Å². The molecule has 24 heavy (non-hydrogen) atoms. The molecular formula is C20H21N3O. The van der Waals surface area contributed by atoms with Crippen molar-refractivity contribution in [1.29, 1.82) is 5.26 Å². The third-order valence-corrected chi connectivity index (χ3v) is 4.37. The van der Waals surface area contributed by atoms with Gasteiger partial charge in [0.2, 0.25) is 0 Å². The van der Waals surface area contributed by atoms with Crippen molar-refractivity contribution >= 4 is 11.0 Å². The maximum Gasteiger partial charge on any atom is 0.141 e. The number of aromatic nitrogens is 2. The number of nitriles is 1. The minimum Gasteiger partial charge on any atom is -0.497 e. The van der Waals surface area contributed by atoms with Crippen molar-refractivity contribution in [3.63, 3.8) is 0 Å². The second-order valence-electron chi connectivity index (χ2n) is 6.23. The van der Waals surface area contributed by atoms with Crippen LogP contribution in [0.25, 0.3) is 22.4 Å². The van der Waals surface area contributed by atoms with Gasteiger partial charge in [0.1, 0.15) is 11.6 Å². The van der Waals surface area contributed by atoms with Crippen molar-refractivity contribution in [3.8, 4) is 23.2 Å². The average Bonchev–Trinajstić information content (AvgIpc) is 2.93. The molecule has 0 N–H and O–H groups in total. The van der Waals surface area contributed by atoms with Gasteiger partial charge < -0.3 is 9.30 Å². The van der Waals surface area contributed by atoms with Crippen LogP contribution in [0.4, 0.5) is 0 Å². The molecule has 0 radical (unpaired) electrons. The first-order chi connectivity index (χ1) is 11.5. The van der Waals surface area contributed by atoms with Crippen LogP contribution in [-0.2, 0) is 6.54 Å². The topological polar surface area (TPSA) is 50.8 Å². The molecule has 2 aromatic carbocycles. The summed E-state index contributed by atoms with van der Waals surface area (Å²) in [4.78, 5) is 4.85. The molecular weight excluding hydrogens is 298 g/mol. The van der Waals surface area contributed by atoms with Crippen molar-refractivity contribution in [2.75, 3.05) is 7.11 Å². The standard InChI is InChI=1S/C20H21N3O/c1-13(11-21)12-23-19-9-15(3)14(2)8-18(19)22-20(23)16-6-5-7-17(10-16)24-4/h5-10,13H,12H2,1-4H3. The Hall–Kier alpha value is -2.80. The van der Waals surface area contributed by atoms with E-state index in [0.717, 1.165) is 28.2 Å². The van der Waals surface area contributed by atoms with Gasteiger partial charge in [0, 0.05) is 12.1 Å². The smallest absolute Gasteiger partial charge is 0.141 e. The molecule has 3 aromatic rings. The zero-order valence-electron chi connectivity index (χ0n) is 14.5. The highest BCUT2D eigenvalue weighted by molar-refractivity contribution is 5.82. The molecule has 0 aliphatic carbocycles. The normalized spacial score (nSPS) is 12.1. The second-order valence-corrected chi connectivity index (χ2v) is 6.23. The van der Waals surface area contributed by atoms with Crippen molar-refractivity contribution in [2.24, 2.45) is 5.92 Å². The number of imidazole rings is 1. The summed E-state index contributed by atoms with van der Waals surface area (Å²) in [7, 11) is 1.66. The van der Waals surface area contributed by atoms with Gasteiger partial charge in [-0.3, -0.25) is 0 Å². The number of hydrogen-bond donors (Lipinski definition) is 0. The summed E-state index contributed by atoms with van der Waals surface area (Å²) < 4.78 is 7.48. The van der Waals surface area contributed by atoms with Gasteiger partial charge in [-0.1, -0.05) is 12.1 Å². The summed E-state index contributed by atoms with van der Waals surface area (Å²) in [5, 5.41) is 9.24. The lowest BCUT2D eigenvalue weighted by Crippen LogP contribution is -2.07. The summed E-state index contributed by atoms with van der Waals surface area (Å²) in [5.41, 5.74) is 5.47. The van der Waals surface area contributed by atoms with Crippen molar-refractivity contribution in [1.82, 2.24) is 9.55 Å². The molecule has 0 spiro atoms. The lowest BCUT2D eigenvalue weighted by atomic mass is 10.1. The number of methoxy groups -OCH3 is 1. The largest absolute Gasteiger partial charge is 0.497 e. The molecule has 0 amide bonds. The minimum absolute atomic E-state index is 0.0895. The van der Waals surface area contributed by atoms with E-state index in [1.54, 1.807) is 7.11 Å². The van der Waals surface area contributed by atoms with E-state index in [0.29, 0.717) is 6.54 Å². The fourth-order valence-corrected chi connectivity index (χ4v) is 2.86. The summed E-state index contributed by atoms with van der Waals surface area (Å²) in [6, 6.07) is 14.5. The molecule has 0 aliphatic rings. The van der Waals surface area contributed by atoms with Crippen LogP contribution in [-0.4, -0.2) is 16.7 Å². The molecule has 0 bridgehead atoms. The zero-order valence-corrected chi connectivity index (χ0v) is 14.5. The molecule has 0 saturated heterocycles. The summed E-state index contributed by atoms with van der Waals surface area (Å²) >= 11 is 0. The van der Waals surface area contributed by atoms with Gasteiger partial charge in [0.15, 0.2) is 0 Å². The molecule has 3 rings (SSSR count). The Morgan fingerprint density at radius 2 is 1.96 bits per heavy atom. The van der Waals surface area contributed by atoms with E-state index in [1.165, 1.54) is 11.1 Å². The molecule has 122 valence electrons. The Balaban J connectivity index is 2.25. The third kappa shape index (κ3) is 2.85. The lowest BCUT2D eigenvalue weighted by molar-refractivity contribution is 0.415. The first kappa shape index (κ1) is 16.1. The lowest BCUT2D eigenvalue weighted by Gasteiger charge is -2.12. The molecule has 0 fully saturated rings. The summed E-state index contributed by atoms with van der Waals surface area (Å²) in [5.74, 6) is 1.58. The predicted octanol–water partition coefficient (Wildman–Crippen LogP) is 4.49. The monoisotopic (exact) mass is 319 g/mol. The van der Waals surface area contributed by atoms with E-state index in [-0.39, 0.29) is 5.92 Å². The minimum atomic E-state index is -0.0895. The molecule has 0 saturated carbocycles. The molecule has 4 nitrogen and oxygen atoms in total. The number of ether oxygens (including phenoxy) is 1. The van der Waals surface area contributed by atoms with Crippen molar-refractivity contribution in [2.45, 2.75) is 27.3 Å². The maximum absolute atomic E-state index is 9.24. The van der Waals surface area contributed by atoms with Crippen LogP contribution >= 0.6 is 0 Å². The van der Waals surface area contributed by atoms with Crippen LogP contribution in [0.3, 0.4) is 0 Å². The highest BCUT2D eigenvalue weighted by Crippen LogP contribution is 2.29. The van der Waals surface area contributed by atoms with E-state index < -0.39 is 0 Å². The Kier molecular flexibility index (Phi) is 4.26. The zero-order chi connectivity index (χ0) is 17.3. The van der Waals surface area contributed by atoms with E-state index in [2.05, 4.69) is 36.6 Å². The number of nitrogens with zero attached hydrogens (tertiary/aromatic N) is 3. The molecule has 1 aromatic heterocycles. The Bertz CT molecular complexity index is 934. The maximum atomic E-state index is 9.24. The van der Waals surface area contributed by atoms with Gasteiger partial charge in [-0.05, 0) is 56.2 Å². The Labute approximate surface area is 142 Å². The fraction of sp³-hybridized carbons (Fsp3) is 0.300. The Morgan fingerprint density at radius 3 is 2.67 bits per heavy atom. The van der Waals surface area contributed by atoms with Crippen LogP contribution in [0.2, 0.25) is 0 Å². The highest BCUT2D eigenvalue weighted by Gasteiger charge is 2.16. The van der Waals surface area contributed by atoms with Crippen molar-refractivity contribution < 1.29 is 4.74 Å². The van der Waals surface area contributed by atoms with Crippen LogP contribution < -0.4 is 4.74 Å². The molecule has 1 unspecified atom stereocenters. The fourth-order valence-electron chi connectivity index (χ4n) is 2.86. The average molecular weight is 319 g/mol. The molecule has 1 heterocycles. The molecule has 4 heteroatoms. The van der Waals surface area contributed by atoms with Gasteiger partial charge in [-0.15, -0.1) is 0 Å². The summed E-state index contributed by atoms with van der Waals surface area (Å²) in [6.45, 7) is 6.74. The third-order valence-electron chi connectivity index (χ3n) is 4.37. The number of aryl methyl sites for hydroxylation is 2. The van der Waals surface area contributed by atoms with E-state index in [1.807, 2.05) is 31.2 Å². The molecule has 0 aliphatic heterocycles. The first-order valence-electron chi connectivity index (χ1n) is 8.05. The number of benzene rings is 2. The van der Waals surface area contributed by atoms with Crippen LogP contribution in [0.5, 0.6) is 5.75 Å². The predicted molar refractivity (Wildman–Crippen MR) is 96.0 cm³/mol. The van der Waals surface area contributed by atoms with Gasteiger partial charge in [-0.25, -0.2) is 4.98 Å². The second kappa shape index (κ2) is 6.37. The van der Waals surface area contributed by atoms with Crippen LogP contribution in [0, 0.1) is 31.1 Å². The van der Waals surface area contributed by atoms with Crippen LogP contribution in [0.15, 0.2) is 36.4 Å². The van der Waals surface area contributed by atoms with Crippen LogP contribution in [0.1, 0.15) is 18.1 Å². The Morgan fingerprint density at radius 1 is 1.21 bits per heavy atom. The number of rotatable bonds is 4. The van der Waals surface area contributed by atoms with E-state index >= 15 is 0 Å². The quantitative estimate of drug-likeness (QED) is 0.712.